The zero-order chi connectivity index (χ0) is 14.0. The summed E-state index contributed by atoms with van der Waals surface area (Å²) >= 11 is 0. The molecule has 0 aromatic rings. The third kappa shape index (κ3) is 8.06. The highest BCUT2D eigenvalue weighted by Crippen LogP contribution is 2.26. The third-order valence-electron chi connectivity index (χ3n) is 5.07. The summed E-state index contributed by atoms with van der Waals surface area (Å²) in [6.07, 6.45) is 13.9. The minimum atomic E-state index is 0. The molecule has 1 heterocycles. The summed E-state index contributed by atoms with van der Waals surface area (Å²) in [6, 6.07) is 0. The summed E-state index contributed by atoms with van der Waals surface area (Å²) < 4.78 is 0. The van der Waals surface area contributed by atoms with Crippen LogP contribution >= 0.6 is 12.4 Å². The van der Waals surface area contributed by atoms with Crippen molar-refractivity contribution in [1.29, 1.82) is 0 Å². The number of carbonyl (C=O) groups is 1. The van der Waals surface area contributed by atoms with Gasteiger partial charge in [-0.05, 0) is 57.0 Å². The first-order valence-corrected chi connectivity index (χ1v) is 8.82. The summed E-state index contributed by atoms with van der Waals surface area (Å²) in [5.41, 5.74) is 0. The van der Waals surface area contributed by atoms with E-state index < -0.39 is 0 Å². The van der Waals surface area contributed by atoms with Gasteiger partial charge < -0.3 is 10.6 Å². The highest BCUT2D eigenvalue weighted by atomic mass is 35.5. The second kappa shape index (κ2) is 11.3. The Morgan fingerprint density at radius 2 is 1.62 bits per heavy atom. The van der Waals surface area contributed by atoms with E-state index in [-0.39, 0.29) is 18.3 Å². The SMILES string of the molecule is Cl.O=C(CCC1CCNCC1)NCCCC1CCCCC1. The number of hydrogen-bond acceptors (Lipinski definition) is 2. The monoisotopic (exact) mass is 316 g/mol. The van der Waals surface area contributed by atoms with Crippen molar-refractivity contribution >= 4 is 18.3 Å². The topological polar surface area (TPSA) is 41.1 Å². The molecule has 4 heteroatoms. The van der Waals surface area contributed by atoms with Crippen LogP contribution in [0.2, 0.25) is 0 Å². The molecule has 1 saturated heterocycles. The zero-order valence-corrected chi connectivity index (χ0v) is 14.2. The van der Waals surface area contributed by atoms with Gasteiger partial charge in [0.1, 0.15) is 0 Å². The van der Waals surface area contributed by atoms with E-state index in [2.05, 4.69) is 10.6 Å². The van der Waals surface area contributed by atoms with Crippen molar-refractivity contribution in [2.75, 3.05) is 19.6 Å². The van der Waals surface area contributed by atoms with Crippen molar-refractivity contribution in [3.63, 3.8) is 0 Å². The van der Waals surface area contributed by atoms with Crippen LogP contribution in [0.5, 0.6) is 0 Å². The van der Waals surface area contributed by atoms with Gasteiger partial charge in [-0.25, -0.2) is 0 Å². The van der Waals surface area contributed by atoms with E-state index in [0.717, 1.165) is 44.3 Å². The van der Waals surface area contributed by atoms with E-state index in [1.54, 1.807) is 0 Å². The van der Waals surface area contributed by atoms with E-state index in [1.165, 1.54) is 57.8 Å². The Labute approximate surface area is 136 Å². The minimum absolute atomic E-state index is 0. The van der Waals surface area contributed by atoms with Crippen molar-refractivity contribution in [2.45, 2.75) is 70.6 Å². The summed E-state index contributed by atoms with van der Waals surface area (Å²) in [4.78, 5) is 11.8. The van der Waals surface area contributed by atoms with Crippen molar-refractivity contribution in [3.8, 4) is 0 Å². The van der Waals surface area contributed by atoms with Crippen LogP contribution in [0.4, 0.5) is 0 Å². The lowest BCUT2D eigenvalue weighted by Gasteiger charge is -2.22. The first-order valence-electron chi connectivity index (χ1n) is 8.82. The largest absolute Gasteiger partial charge is 0.356 e. The van der Waals surface area contributed by atoms with E-state index in [0.29, 0.717) is 0 Å². The average molecular weight is 317 g/mol. The maximum absolute atomic E-state index is 11.8. The fraction of sp³-hybridized carbons (Fsp3) is 0.941. The Balaban J connectivity index is 0.00000220. The van der Waals surface area contributed by atoms with Gasteiger partial charge in [-0.1, -0.05) is 32.1 Å². The number of hydrogen-bond donors (Lipinski definition) is 2. The molecule has 2 N–H and O–H groups in total. The van der Waals surface area contributed by atoms with Crippen molar-refractivity contribution in [1.82, 2.24) is 10.6 Å². The maximum Gasteiger partial charge on any atom is 0.220 e. The van der Waals surface area contributed by atoms with Gasteiger partial charge in [-0.3, -0.25) is 4.79 Å². The van der Waals surface area contributed by atoms with Gasteiger partial charge in [-0.2, -0.15) is 0 Å². The molecule has 0 radical (unpaired) electrons. The Morgan fingerprint density at radius 1 is 0.952 bits per heavy atom. The van der Waals surface area contributed by atoms with Crippen LogP contribution in [0.25, 0.3) is 0 Å². The van der Waals surface area contributed by atoms with Crippen LogP contribution in [0.15, 0.2) is 0 Å². The van der Waals surface area contributed by atoms with Gasteiger partial charge >= 0.3 is 0 Å². The first-order chi connectivity index (χ1) is 9.84. The summed E-state index contributed by atoms with van der Waals surface area (Å²) in [7, 11) is 0. The standard InChI is InChI=1S/C17H32N2O.ClH/c20-17(9-8-16-10-13-18-14-11-16)19-12-4-7-15-5-2-1-3-6-15;/h15-16,18H,1-14H2,(H,19,20);1H. The molecule has 124 valence electrons. The lowest BCUT2D eigenvalue weighted by Crippen LogP contribution is -2.29. The Hall–Kier alpha value is -0.280. The van der Waals surface area contributed by atoms with Crippen LogP contribution in [0.1, 0.15) is 70.6 Å². The molecule has 0 atom stereocenters. The van der Waals surface area contributed by atoms with Crippen LogP contribution < -0.4 is 10.6 Å². The van der Waals surface area contributed by atoms with E-state index in [4.69, 9.17) is 0 Å². The molecule has 3 nitrogen and oxygen atoms in total. The number of halogens is 1. The molecule has 1 aliphatic heterocycles. The fourth-order valence-corrected chi connectivity index (χ4v) is 3.69. The van der Waals surface area contributed by atoms with Gasteiger partial charge in [0.2, 0.25) is 5.91 Å². The molecule has 2 aliphatic rings. The Kier molecular flexibility index (Phi) is 10.1. The number of nitrogens with one attached hydrogen (secondary N) is 2. The van der Waals surface area contributed by atoms with Gasteiger partial charge in [0.05, 0.1) is 0 Å². The van der Waals surface area contributed by atoms with Crippen molar-refractivity contribution in [3.05, 3.63) is 0 Å². The van der Waals surface area contributed by atoms with E-state index in [1.807, 2.05) is 0 Å². The van der Waals surface area contributed by atoms with Crippen molar-refractivity contribution in [2.24, 2.45) is 11.8 Å². The molecular formula is C17H33ClN2O. The number of amides is 1. The fourth-order valence-electron chi connectivity index (χ4n) is 3.69. The smallest absolute Gasteiger partial charge is 0.220 e. The molecule has 0 spiro atoms. The van der Waals surface area contributed by atoms with Gasteiger partial charge in [-0.15, -0.1) is 12.4 Å². The molecule has 21 heavy (non-hydrogen) atoms. The average Bonchev–Trinajstić information content (AvgIpc) is 2.52. The minimum Gasteiger partial charge on any atom is -0.356 e. The molecular weight excluding hydrogens is 284 g/mol. The van der Waals surface area contributed by atoms with Gasteiger partial charge in [0.15, 0.2) is 0 Å². The molecule has 0 aromatic carbocycles. The van der Waals surface area contributed by atoms with Crippen LogP contribution in [0, 0.1) is 11.8 Å². The molecule has 2 rings (SSSR count). The van der Waals surface area contributed by atoms with Crippen molar-refractivity contribution < 1.29 is 4.79 Å². The Morgan fingerprint density at radius 3 is 2.33 bits per heavy atom. The maximum atomic E-state index is 11.8. The van der Waals surface area contributed by atoms with Crippen LogP contribution in [-0.2, 0) is 4.79 Å². The molecule has 0 aromatic heterocycles. The summed E-state index contributed by atoms with van der Waals surface area (Å²) in [6.45, 7) is 3.16. The molecule has 0 unspecified atom stereocenters. The van der Waals surface area contributed by atoms with E-state index >= 15 is 0 Å². The van der Waals surface area contributed by atoms with Gasteiger partial charge in [0.25, 0.3) is 0 Å². The second-order valence-electron chi connectivity index (χ2n) is 6.73. The quantitative estimate of drug-likeness (QED) is 0.704. The highest BCUT2D eigenvalue weighted by molar-refractivity contribution is 5.85. The highest BCUT2D eigenvalue weighted by Gasteiger charge is 2.15. The van der Waals surface area contributed by atoms with Crippen LogP contribution in [-0.4, -0.2) is 25.5 Å². The second-order valence-corrected chi connectivity index (χ2v) is 6.73. The zero-order valence-electron chi connectivity index (χ0n) is 13.4. The normalized spacial score (nSPS) is 20.8. The number of rotatable bonds is 7. The lowest BCUT2D eigenvalue weighted by molar-refractivity contribution is -0.121. The third-order valence-corrected chi connectivity index (χ3v) is 5.07. The van der Waals surface area contributed by atoms with Crippen LogP contribution in [0.3, 0.4) is 0 Å². The molecule has 1 amide bonds. The number of piperidine rings is 1. The van der Waals surface area contributed by atoms with Gasteiger partial charge in [0, 0.05) is 13.0 Å². The lowest BCUT2D eigenvalue weighted by atomic mass is 9.86. The number of carbonyl (C=O) groups excluding carboxylic acids is 1. The molecule has 2 fully saturated rings. The summed E-state index contributed by atoms with van der Waals surface area (Å²) in [5, 5.41) is 6.48. The molecule has 1 saturated carbocycles. The predicted octanol–water partition coefficient (Wildman–Crippen LogP) is 3.66. The Bertz CT molecular complexity index is 274. The predicted molar refractivity (Wildman–Crippen MR) is 90.9 cm³/mol. The summed E-state index contributed by atoms with van der Waals surface area (Å²) in [5.74, 6) is 1.98. The molecule has 0 bridgehead atoms. The first kappa shape index (κ1) is 18.8. The van der Waals surface area contributed by atoms with E-state index in [9.17, 15) is 4.79 Å². The molecule has 1 aliphatic carbocycles.